The molecule has 0 atom stereocenters. The molecule has 0 radical (unpaired) electrons. The average molecular weight is 654 g/mol. The van der Waals surface area contributed by atoms with Gasteiger partial charge in [0.25, 0.3) is 0 Å². The van der Waals surface area contributed by atoms with Crippen LogP contribution in [0.2, 0.25) is 0 Å². The molecule has 4 nitrogen and oxygen atoms in total. The number of ether oxygens (including phenoxy) is 1. The molecule has 0 aliphatic carbocycles. The SMILES string of the molecule is Cc1cnc(-c2cccc(Oc3cccc(-c4nccn4-c4c(C(C)C)cc(-c5ccc(-c6ccccc6)cc5)cc4C(C)C)c3)c2)cc1C. The summed E-state index contributed by atoms with van der Waals surface area (Å²) in [5.74, 6) is 3.00. The maximum Gasteiger partial charge on any atom is 0.144 e. The molecule has 2 heterocycles. The van der Waals surface area contributed by atoms with Gasteiger partial charge in [-0.1, -0.05) is 107 Å². The molecule has 0 aliphatic rings. The van der Waals surface area contributed by atoms with E-state index in [1.165, 1.54) is 50.2 Å². The van der Waals surface area contributed by atoms with Gasteiger partial charge in [-0.25, -0.2) is 4.98 Å². The Morgan fingerprint density at radius 2 is 1.08 bits per heavy atom. The molecule has 50 heavy (non-hydrogen) atoms. The van der Waals surface area contributed by atoms with E-state index in [1.54, 1.807) is 0 Å². The Morgan fingerprint density at radius 1 is 0.520 bits per heavy atom. The lowest BCUT2D eigenvalue weighted by Crippen LogP contribution is -2.08. The van der Waals surface area contributed by atoms with Crippen LogP contribution in [0.1, 0.15) is 61.8 Å². The molecule has 4 heteroatoms. The average Bonchev–Trinajstić information content (AvgIpc) is 3.63. The van der Waals surface area contributed by atoms with Gasteiger partial charge in [-0.3, -0.25) is 9.55 Å². The Balaban J connectivity index is 1.23. The third-order valence-electron chi connectivity index (χ3n) is 9.45. The van der Waals surface area contributed by atoms with E-state index in [0.717, 1.165) is 34.1 Å². The van der Waals surface area contributed by atoms with Gasteiger partial charge in [0.1, 0.15) is 17.3 Å². The van der Waals surface area contributed by atoms with Crippen molar-refractivity contribution in [2.45, 2.75) is 53.4 Å². The first kappa shape index (κ1) is 32.8. The highest BCUT2D eigenvalue weighted by molar-refractivity contribution is 5.74. The summed E-state index contributed by atoms with van der Waals surface area (Å²) in [5, 5.41) is 0. The highest BCUT2D eigenvalue weighted by Gasteiger charge is 2.21. The zero-order chi connectivity index (χ0) is 34.8. The fourth-order valence-electron chi connectivity index (χ4n) is 6.52. The normalized spacial score (nSPS) is 11.4. The lowest BCUT2D eigenvalue weighted by Gasteiger charge is -2.24. The number of hydrogen-bond acceptors (Lipinski definition) is 3. The van der Waals surface area contributed by atoms with Crippen molar-refractivity contribution in [1.29, 1.82) is 0 Å². The molecule has 0 bridgehead atoms. The van der Waals surface area contributed by atoms with E-state index < -0.39 is 0 Å². The second kappa shape index (κ2) is 14.0. The van der Waals surface area contributed by atoms with Crippen LogP contribution in [-0.2, 0) is 0 Å². The number of rotatable bonds is 9. The van der Waals surface area contributed by atoms with Crippen LogP contribution in [0.3, 0.4) is 0 Å². The fourth-order valence-corrected chi connectivity index (χ4v) is 6.52. The van der Waals surface area contributed by atoms with Crippen LogP contribution in [0.4, 0.5) is 0 Å². The summed E-state index contributed by atoms with van der Waals surface area (Å²) in [6.07, 6.45) is 5.91. The number of hydrogen-bond donors (Lipinski definition) is 0. The zero-order valence-corrected chi connectivity index (χ0v) is 29.7. The summed E-state index contributed by atoms with van der Waals surface area (Å²) in [6.45, 7) is 13.3. The van der Waals surface area contributed by atoms with E-state index in [0.29, 0.717) is 11.8 Å². The summed E-state index contributed by atoms with van der Waals surface area (Å²) in [6, 6.07) is 42.7. The summed E-state index contributed by atoms with van der Waals surface area (Å²) >= 11 is 0. The smallest absolute Gasteiger partial charge is 0.144 e. The standard InChI is InChI=1S/C46H43N3O/c1-30(2)42-27-39(36-20-18-35(19-21-36)34-12-8-7-9-13-34)28-43(31(3)4)45(42)49-23-22-47-46(49)38-15-11-17-41(26-38)50-40-16-10-14-37(25-40)44-24-32(5)33(6)29-48-44/h7-31H,1-6H3. The Morgan fingerprint density at radius 3 is 1.70 bits per heavy atom. The number of aryl methyl sites for hydroxylation is 2. The molecule has 0 N–H and O–H groups in total. The Kier molecular flexibility index (Phi) is 9.19. The first-order valence-electron chi connectivity index (χ1n) is 17.4. The van der Waals surface area contributed by atoms with Crippen molar-refractivity contribution in [3.63, 3.8) is 0 Å². The van der Waals surface area contributed by atoms with Gasteiger partial charge in [0, 0.05) is 29.7 Å². The topological polar surface area (TPSA) is 39.9 Å². The van der Waals surface area contributed by atoms with E-state index in [4.69, 9.17) is 9.72 Å². The van der Waals surface area contributed by atoms with Gasteiger partial charge in [0.2, 0.25) is 0 Å². The molecule has 0 spiro atoms. The minimum absolute atomic E-state index is 0.301. The first-order valence-corrected chi connectivity index (χ1v) is 17.4. The van der Waals surface area contributed by atoms with E-state index in [2.05, 4.69) is 148 Å². The summed E-state index contributed by atoms with van der Waals surface area (Å²) in [7, 11) is 0. The lowest BCUT2D eigenvalue weighted by atomic mass is 9.88. The van der Waals surface area contributed by atoms with Crippen LogP contribution >= 0.6 is 0 Å². The van der Waals surface area contributed by atoms with Crippen molar-refractivity contribution < 1.29 is 4.74 Å². The predicted octanol–water partition coefficient (Wildman–Crippen LogP) is 12.6. The fraction of sp³-hybridized carbons (Fsp3) is 0.174. The maximum absolute atomic E-state index is 6.44. The number of benzene rings is 5. The van der Waals surface area contributed by atoms with Crippen LogP contribution in [0.25, 0.3) is 50.6 Å². The summed E-state index contributed by atoms with van der Waals surface area (Å²) in [5.41, 5.74) is 14.0. The van der Waals surface area contributed by atoms with Gasteiger partial charge < -0.3 is 4.74 Å². The number of pyridine rings is 1. The van der Waals surface area contributed by atoms with Crippen LogP contribution in [0, 0.1) is 13.8 Å². The van der Waals surface area contributed by atoms with Crippen LogP contribution < -0.4 is 4.74 Å². The van der Waals surface area contributed by atoms with Gasteiger partial charge >= 0.3 is 0 Å². The molecule has 0 amide bonds. The minimum atomic E-state index is 0.301. The highest BCUT2D eigenvalue weighted by atomic mass is 16.5. The molecule has 5 aromatic carbocycles. The van der Waals surface area contributed by atoms with Crippen LogP contribution in [0.15, 0.2) is 140 Å². The molecule has 0 saturated heterocycles. The van der Waals surface area contributed by atoms with Crippen molar-refractivity contribution in [2.75, 3.05) is 0 Å². The van der Waals surface area contributed by atoms with E-state index in [9.17, 15) is 0 Å². The Labute approximate surface area is 296 Å². The molecule has 0 fully saturated rings. The monoisotopic (exact) mass is 653 g/mol. The number of imidazole rings is 1. The van der Waals surface area contributed by atoms with E-state index in [1.807, 2.05) is 42.7 Å². The van der Waals surface area contributed by atoms with Crippen LogP contribution in [0.5, 0.6) is 11.5 Å². The zero-order valence-electron chi connectivity index (χ0n) is 29.7. The molecule has 7 aromatic rings. The summed E-state index contributed by atoms with van der Waals surface area (Å²) in [4.78, 5) is 9.55. The number of aromatic nitrogens is 3. The van der Waals surface area contributed by atoms with Crippen LogP contribution in [-0.4, -0.2) is 14.5 Å². The molecular weight excluding hydrogens is 611 g/mol. The first-order chi connectivity index (χ1) is 24.2. The quantitative estimate of drug-likeness (QED) is 0.156. The summed E-state index contributed by atoms with van der Waals surface area (Å²) < 4.78 is 8.70. The van der Waals surface area contributed by atoms with Crippen molar-refractivity contribution >= 4 is 0 Å². The molecule has 2 aromatic heterocycles. The Bertz CT molecular complexity index is 2230. The van der Waals surface area contributed by atoms with Crippen molar-refractivity contribution in [3.05, 3.63) is 162 Å². The third kappa shape index (κ3) is 6.75. The minimum Gasteiger partial charge on any atom is -0.457 e. The molecule has 0 saturated carbocycles. The molecule has 7 rings (SSSR count). The lowest BCUT2D eigenvalue weighted by molar-refractivity contribution is 0.483. The largest absolute Gasteiger partial charge is 0.457 e. The van der Waals surface area contributed by atoms with Gasteiger partial charge in [-0.15, -0.1) is 0 Å². The van der Waals surface area contributed by atoms with Crippen molar-refractivity contribution in [2.24, 2.45) is 0 Å². The van der Waals surface area contributed by atoms with Crippen molar-refractivity contribution in [1.82, 2.24) is 14.5 Å². The molecule has 0 aliphatic heterocycles. The van der Waals surface area contributed by atoms with Gasteiger partial charge in [-0.2, -0.15) is 0 Å². The van der Waals surface area contributed by atoms with E-state index in [-0.39, 0.29) is 0 Å². The van der Waals surface area contributed by atoms with Gasteiger partial charge in [0.05, 0.1) is 11.4 Å². The van der Waals surface area contributed by atoms with E-state index >= 15 is 0 Å². The van der Waals surface area contributed by atoms with Gasteiger partial charge in [0.15, 0.2) is 0 Å². The molecule has 0 unspecified atom stereocenters. The van der Waals surface area contributed by atoms with Crippen molar-refractivity contribution in [3.8, 4) is 62.1 Å². The number of nitrogens with zero attached hydrogens (tertiary/aromatic N) is 3. The second-order valence-corrected chi connectivity index (χ2v) is 13.7. The third-order valence-corrected chi connectivity index (χ3v) is 9.45. The predicted molar refractivity (Wildman–Crippen MR) is 207 cm³/mol. The van der Waals surface area contributed by atoms with Gasteiger partial charge in [-0.05, 0) is 113 Å². The molecular formula is C46H43N3O. The Hall–Kier alpha value is -5.74. The maximum atomic E-state index is 6.44. The second-order valence-electron chi connectivity index (χ2n) is 13.7. The highest BCUT2D eigenvalue weighted by Crippen LogP contribution is 2.39. The molecule has 248 valence electrons.